The molecule has 17 heavy (non-hydrogen) atoms. The van der Waals surface area contributed by atoms with Crippen molar-refractivity contribution in [3.8, 4) is 0 Å². The zero-order chi connectivity index (χ0) is 12.8. The molecule has 2 atom stereocenters. The molecule has 1 aromatic rings. The van der Waals surface area contributed by atoms with Gasteiger partial charge >= 0.3 is 0 Å². The van der Waals surface area contributed by atoms with Crippen molar-refractivity contribution >= 4 is 17.5 Å². The lowest BCUT2D eigenvalue weighted by Gasteiger charge is -2.22. The van der Waals surface area contributed by atoms with Gasteiger partial charge in [0.25, 0.3) is 0 Å². The summed E-state index contributed by atoms with van der Waals surface area (Å²) in [5.74, 6) is 0.0559. The second kappa shape index (κ2) is 6.65. The number of carbonyl (C=O) groups is 1. The summed E-state index contributed by atoms with van der Waals surface area (Å²) in [6.45, 7) is 4.60. The molecule has 0 aliphatic rings. The molecule has 1 rings (SSSR count). The maximum absolute atomic E-state index is 12.1. The molecule has 2 unspecified atom stereocenters. The van der Waals surface area contributed by atoms with E-state index in [4.69, 9.17) is 11.6 Å². The summed E-state index contributed by atoms with van der Waals surface area (Å²) in [7, 11) is 1.83. The molecule has 0 fully saturated rings. The molecule has 0 saturated carbocycles. The number of amides is 1. The van der Waals surface area contributed by atoms with E-state index in [0.29, 0.717) is 6.54 Å². The third-order valence-electron chi connectivity index (χ3n) is 2.91. The van der Waals surface area contributed by atoms with Crippen LogP contribution in [0.4, 0.5) is 0 Å². The molecule has 1 aromatic carbocycles. The average Bonchev–Trinajstić information content (AvgIpc) is 2.35. The van der Waals surface area contributed by atoms with E-state index in [9.17, 15) is 4.79 Å². The van der Waals surface area contributed by atoms with E-state index in [2.05, 4.69) is 0 Å². The van der Waals surface area contributed by atoms with Gasteiger partial charge < -0.3 is 4.90 Å². The minimum Gasteiger partial charge on any atom is -0.345 e. The lowest BCUT2D eigenvalue weighted by molar-refractivity contribution is -0.131. The third-order valence-corrected chi connectivity index (χ3v) is 3.13. The van der Waals surface area contributed by atoms with Gasteiger partial charge in [-0.05, 0) is 25.8 Å². The Bertz CT molecular complexity index is 350. The highest BCUT2D eigenvalue weighted by Crippen LogP contribution is 2.17. The van der Waals surface area contributed by atoms with Crippen LogP contribution in [-0.4, -0.2) is 29.8 Å². The number of likely N-dealkylation sites (N-methyl/N-ethyl adjacent to an activating group) is 1. The fourth-order valence-corrected chi connectivity index (χ4v) is 1.79. The first-order chi connectivity index (χ1) is 8.02. The molecule has 94 valence electrons. The monoisotopic (exact) mass is 253 g/mol. The molecule has 0 spiro atoms. The fraction of sp³-hybridized carbons (Fsp3) is 0.500. The summed E-state index contributed by atoms with van der Waals surface area (Å²) in [5, 5.41) is 0.109. The van der Waals surface area contributed by atoms with Gasteiger partial charge in [-0.2, -0.15) is 0 Å². The average molecular weight is 254 g/mol. The van der Waals surface area contributed by atoms with Crippen molar-refractivity contribution < 1.29 is 4.79 Å². The zero-order valence-electron chi connectivity index (χ0n) is 10.7. The van der Waals surface area contributed by atoms with E-state index in [-0.39, 0.29) is 17.2 Å². The second-order valence-electron chi connectivity index (χ2n) is 4.46. The Labute approximate surface area is 109 Å². The molecule has 0 saturated heterocycles. The van der Waals surface area contributed by atoms with Crippen LogP contribution < -0.4 is 0 Å². The number of benzene rings is 1. The minimum absolute atomic E-state index is 0.0909. The van der Waals surface area contributed by atoms with Gasteiger partial charge in [-0.3, -0.25) is 4.79 Å². The van der Waals surface area contributed by atoms with Crippen molar-refractivity contribution in [3.05, 3.63) is 35.9 Å². The quantitative estimate of drug-likeness (QED) is 0.738. The van der Waals surface area contributed by atoms with Gasteiger partial charge in [0.1, 0.15) is 0 Å². The summed E-state index contributed by atoms with van der Waals surface area (Å²) < 4.78 is 0. The molecular weight excluding hydrogens is 234 g/mol. The number of rotatable bonds is 5. The Morgan fingerprint density at radius 1 is 1.29 bits per heavy atom. The van der Waals surface area contributed by atoms with Crippen LogP contribution in [0.3, 0.4) is 0 Å². The van der Waals surface area contributed by atoms with Crippen molar-refractivity contribution in [2.75, 3.05) is 13.6 Å². The molecule has 0 aliphatic carbocycles. The Morgan fingerprint density at radius 3 is 2.41 bits per heavy atom. The summed E-state index contributed by atoms with van der Waals surface area (Å²) in [6, 6.07) is 9.85. The predicted molar refractivity (Wildman–Crippen MR) is 72.4 cm³/mol. The zero-order valence-corrected chi connectivity index (χ0v) is 11.4. The van der Waals surface area contributed by atoms with Crippen LogP contribution in [0.5, 0.6) is 0 Å². The van der Waals surface area contributed by atoms with Gasteiger partial charge in [-0.25, -0.2) is 0 Å². The smallest absolute Gasteiger partial charge is 0.229 e. The molecular formula is C14H20ClNO. The summed E-state index contributed by atoms with van der Waals surface area (Å²) in [6.07, 6.45) is 0.825. The number of hydrogen-bond acceptors (Lipinski definition) is 1. The van der Waals surface area contributed by atoms with E-state index < -0.39 is 0 Å². The Hall–Kier alpha value is -1.02. The molecule has 0 aromatic heterocycles. The van der Waals surface area contributed by atoms with Crippen LogP contribution >= 0.6 is 11.6 Å². The van der Waals surface area contributed by atoms with Crippen molar-refractivity contribution in [2.24, 2.45) is 0 Å². The first-order valence-electron chi connectivity index (χ1n) is 5.96. The fourth-order valence-electron chi connectivity index (χ4n) is 1.70. The standard InChI is InChI=1S/C14H20ClNO/c1-11(15)9-10-16(3)14(17)12(2)13-7-5-4-6-8-13/h4-8,11-12H,9-10H2,1-3H3. The first kappa shape index (κ1) is 14.0. The van der Waals surface area contributed by atoms with Crippen molar-refractivity contribution in [1.29, 1.82) is 0 Å². The maximum Gasteiger partial charge on any atom is 0.229 e. The van der Waals surface area contributed by atoms with E-state index >= 15 is 0 Å². The van der Waals surface area contributed by atoms with Gasteiger partial charge in [0.05, 0.1) is 5.92 Å². The van der Waals surface area contributed by atoms with Gasteiger partial charge in [0, 0.05) is 19.0 Å². The number of nitrogens with zero attached hydrogens (tertiary/aromatic N) is 1. The van der Waals surface area contributed by atoms with Gasteiger partial charge in [0.2, 0.25) is 5.91 Å². The predicted octanol–water partition coefficient (Wildman–Crippen LogP) is 3.27. The molecule has 3 heteroatoms. The maximum atomic E-state index is 12.1. The SMILES string of the molecule is CC(Cl)CCN(C)C(=O)C(C)c1ccccc1. The molecule has 0 bridgehead atoms. The van der Waals surface area contributed by atoms with E-state index in [1.165, 1.54) is 0 Å². The van der Waals surface area contributed by atoms with Crippen LogP contribution in [0.2, 0.25) is 0 Å². The van der Waals surface area contributed by atoms with Gasteiger partial charge in [0.15, 0.2) is 0 Å². The van der Waals surface area contributed by atoms with Crippen LogP contribution in [0.25, 0.3) is 0 Å². The highest BCUT2D eigenvalue weighted by Gasteiger charge is 2.18. The molecule has 0 heterocycles. The molecule has 0 N–H and O–H groups in total. The second-order valence-corrected chi connectivity index (χ2v) is 5.21. The van der Waals surface area contributed by atoms with Gasteiger partial charge in [-0.15, -0.1) is 11.6 Å². The number of hydrogen-bond donors (Lipinski definition) is 0. The lowest BCUT2D eigenvalue weighted by atomic mass is 10.00. The molecule has 1 amide bonds. The normalized spacial score (nSPS) is 14.1. The lowest BCUT2D eigenvalue weighted by Crippen LogP contribution is -2.32. The van der Waals surface area contributed by atoms with Crippen molar-refractivity contribution in [2.45, 2.75) is 31.6 Å². The number of alkyl halides is 1. The summed E-state index contributed by atoms with van der Waals surface area (Å²) in [5.41, 5.74) is 1.06. The Balaban J connectivity index is 2.57. The highest BCUT2D eigenvalue weighted by atomic mass is 35.5. The summed E-state index contributed by atoms with van der Waals surface area (Å²) in [4.78, 5) is 13.9. The van der Waals surface area contributed by atoms with Gasteiger partial charge in [-0.1, -0.05) is 30.3 Å². The summed E-state index contributed by atoms with van der Waals surface area (Å²) >= 11 is 5.89. The van der Waals surface area contributed by atoms with E-state index in [1.807, 2.05) is 51.2 Å². The van der Waals surface area contributed by atoms with Crippen molar-refractivity contribution in [3.63, 3.8) is 0 Å². The Morgan fingerprint density at radius 2 is 1.88 bits per heavy atom. The highest BCUT2D eigenvalue weighted by molar-refractivity contribution is 6.20. The van der Waals surface area contributed by atoms with E-state index in [1.54, 1.807) is 4.90 Å². The topological polar surface area (TPSA) is 20.3 Å². The molecule has 0 radical (unpaired) electrons. The minimum atomic E-state index is -0.0909. The van der Waals surface area contributed by atoms with Crippen molar-refractivity contribution in [1.82, 2.24) is 4.90 Å². The largest absolute Gasteiger partial charge is 0.345 e. The van der Waals surface area contributed by atoms with Crippen LogP contribution in [-0.2, 0) is 4.79 Å². The van der Waals surface area contributed by atoms with Crippen LogP contribution in [0.1, 0.15) is 31.7 Å². The van der Waals surface area contributed by atoms with E-state index in [0.717, 1.165) is 12.0 Å². The molecule has 2 nitrogen and oxygen atoms in total. The number of carbonyl (C=O) groups excluding carboxylic acids is 1. The third kappa shape index (κ3) is 4.39. The molecule has 0 aliphatic heterocycles. The Kier molecular flexibility index (Phi) is 5.49. The van der Waals surface area contributed by atoms with Crippen LogP contribution in [0.15, 0.2) is 30.3 Å². The van der Waals surface area contributed by atoms with Crippen LogP contribution in [0, 0.1) is 0 Å². The first-order valence-corrected chi connectivity index (χ1v) is 6.40. The number of halogens is 1.